The summed E-state index contributed by atoms with van der Waals surface area (Å²) in [4.78, 5) is 5.26. The largest absolute Gasteiger partial charge is 0.399 e. The quantitative estimate of drug-likeness (QED) is 0.684. The van der Waals surface area contributed by atoms with E-state index in [0.29, 0.717) is 22.4 Å². The lowest BCUT2D eigenvalue weighted by molar-refractivity contribution is 0.383. The molecule has 0 fully saturated rings. The summed E-state index contributed by atoms with van der Waals surface area (Å²) in [6.45, 7) is 4.05. The van der Waals surface area contributed by atoms with E-state index in [9.17, 15) is 0 Å². The fourth-order valence-corrected chi connectivity index (χ4v) is 2.44. The van der Waals surface area contributed by atoms with E-state index < -0.39 is 0 Å². The third-order valence-corrected chi connectivity index (χ3v) is 3.79. The molecule has 0 spiro atoms. The molecule has 0 saturated heterocycles. The van der Waals surface area contributed by atoms with Crippen molar-refractivity contribution in [1.82, 2.24) is 10.1 Å². The third kappa shape index (κ3) is 3.17. The fraction of sp³-hybridized carbons (Fsp3) is 0.333. The van der Waals surface area contributed by atoms with Gasteiger partial charge in [0.1, 0.15) is 0 Å². The lowest BCUT2D eigenvalue weighted by Gasteiger charge is -2.02. The maximum absolute atomic E-state index is 6.08. The van der Waals surface area contributed by atoms with E-state index in [1.165, 1.54) is 0 Å². The van der Waals surface area contributed by atoms with Crippen LogP contribution in [0.2, 0.25) is 5.02 Å². The van der Waals surface area contributed by atoms with Crippen LogP contribution in [0.25, 0.3) is 0 Å². The number of nitrogen functional groups attached to an aromatic ring is 1. The van der Waals surface area contributed by atoms with Gasteiger partial charge in [-0.2, -0.15) is 4.98 Å². The molecule has 0 aliphatic rings. The Bertz CT molecular complexity index is 542. The van der Waals surface area contributed by atoms with Gasteiger partial charge in [-0.25, -0.2) is 0 Å². The van der Waals surface area contributed by atoms with E-state index in [2.05, 4.69) is 10.1 Å². The normalized spacial score (nSPS) is 11.1. The van der Waals surface area contributed by atoms with Crippen molar-refractivity contribution in [2.75, 3.05) is 5.73 Å². The van der Waals surface area contributed by atoms with E-state index in [-0.39, 0.29) is 5.92 Å². The molecule has 0 amide bonds. The predicted octanol–water partition coefficient (Wildman–Crippen LogP) is 3.72. The van der Waals surface area contributed by atoms with Crippen LogP contribution in [0.5, 0.6) is 0 Å². The van der Waals surface area contributed by atoms with Crippen LogP contribution in [0.3, 0.4) is 0 Å². The van der Waals surface area contributed by atoms with Crippen molar-refractivity contribution >= 4 is 29.1 Å². The number of hydrogen-bond acceptors (Lipinski definition) is 5. The van der Waals surface area contributed by atoms with Crippen LogP contribution in [-0.4, -0.2) is 10.1 Å². The SMILES string of the molecule is CC(C)c1noc(CSc2ccc(N)cc2Cl)n1. The van der Waals surface area contributed by atoms with Gasteiger partial charge in [0.2, 0.25) is 5.89 Å². The van der Waals surface area contributed by atoms with Crippen LogP contribution in [-0.2, 0) is 5.75 Å². The van der Waals surface area contributed by atoms with E-state index in [4.69, 9.17) is 21.9 Å². The van der Waals surface area contributed by atoms with Crippen LogP contribution >= 0.6 is 23.4 Å². The minimum absolute atomic E-state index is 0.271. The average molecular weight is 284 g/mol. The molecule has 1 aromatic heterocycles. The van der Waals surface area contributed by atoms with Gasteiger partial charge >= 0.3 is 0 Å². The maximum Gasteiger partial charge on any atom is 0.237 e. The smallest absolute Gasteiger partial charge is 0.237 e. The summed E-state index contributed by atoms with van der Waals surface area (Å²) in [7, 11) is 0. The first-order valence-corrected chi connectivity index (χ1v) is 6.93. The van der Waals surface area contributed by atoms with Crippen molar-refractivity contribution in [3.63, 3.8) is 0 Å². The molecule has 0 aliphatic heterocycles. The molecular formula is C12H14ClN3OS. The summed E-state index contributed by atoms with van der Waals surface area (Å²) in [5.74, 6) is 2.21. The minimum atomic E-state index is 0.271. The zero-order valence-electron chi connectivity index (χ0n) is 10.2. The van der Waals surface area contributed by atoms with Gasteiger partial charge in [-0.15, -0.1) is 11.8 Å². The van der Waals surface area contributed by atoms with Crippen LogP contribution in [0.1, 0.15) is 31.5 Å². The van der Waals surface area contributed by atoms with Gasteiger partial charge in [0.05, 0.1) is 10.8 Å². The Morgan fingerprint density at radius 1 is 1.44 bits per heavy atom. The van der Waals surface area contributed by atoms with Crippen LogP contribution in [0, 0.1) is 0 Å². The van der Waals surface area contributed by atoms with E-state index in [1.54, 1.807) is 17.8 Å². The first-order chi connectivity index (χ1) is 8.56. The zero-order valence-corrected chi connectivity index (χ0v) is 11.8. The number of thioether (sulfide) groups is 1. The average Bonchev–Trinajstić information content (AvgIpc) is 2.76. The van der Waals surface area contributed by atoms with Crippen molar-refractivity contribution < 1.29 is 4.52 Å². The number of hydrogen-bond donors (Lipinski definition) is 1. The second-order valence-corrected chi connectivity index (χ2v) is 5.60. The summed E-state index contributed by atoms with van der Waals surface area (Å²) < 4.78 is 5.16. The molecule has 0 aliphatic carbocycles. The Hall–Kier alpha value is -1.20. The summed E-state index contributed by atoms with van der Waals surface area (Å²) in [6, 6.07) is 5.45. The number of benzene rings is 1. The van der Waals surface area contributed by atoms with Crippen molar-refractivity contribution in [3.05, 3.63) is 34.9 Å². The molecule has 0 bridgehead atoms. The highest BCUT2D eigenvalue weighted by Crippen LogP contribution is 2.30. The first-order valence-electron chi connectivity index (χ1n) is 5.56. The van der Waals surface area contributed by atoms with Gasteiger partial charge in [-0.1, -0.05) is 30.6 Å². The van der Waals surface area contributed by atoms with E-state index >= 15 is 0 Å². The Labute approximate surface area is 115 Å². The molecule has 6 heteroatoms. The van der Waals surface area contributed by atoms with Gasteiger partial charge in [-0.05, 0) is 18.2 Å². The topological polar surface area (TPSA) is 64.9 Å². The van der Waals surface area contributed by atoms with Crippen LogP contribution in [0.15, 0.2) is 27.6 Å². The third-order valence-electron chi connectivity index (χ3n) is 2.31. The second-order valence-electron chi connectivity index (χ2n) is 4.18. The second kappa shape index (κ2) is 5.63. The predicted molar refractivity (Wildman–Crippen MR) is 73.8 cm³/mol. The summed E-state index contributed by atoms with van der Waals surface area (Å²) in [5, 5.41) is 4.55. The molecule has 1 heterocycles. The van der Waals surface area contributed by atoms with Crippen LogP contribution in [0.4, 0.5) is 5.69 Å². The number of aromatic nitrogens is 2. The number of nitrogens with zero attached hydrogens (tertiary/aromatic N) is 2. The molecule has 2 aromatic rings. The highest BCUT2D eigenvalue weighted by molar-refractivity contribution is 7.98. The van der Waals surface area contributed by atoms with Crippen molar-refractivity contribution in [2.24, 2.45) is 0 Å². The van der Waals surface area contributed by atoms with E-state index in [0.717, 1.165) is 10.7 Å². The Kier molecular flexibility index (Phi) is 4.14. The number of halogens is 1. The molecule has 18 heavy (non-hydrogen) atoms. The number of anilines is 1. The molecule has 0 unspecified atom stereocenters. The summed E-state index contributed by atoms with van der Waals surface area (Å²) >= 11 is 7.63. The number of nitrogens with two attached hydrogens (primary N) is 1. The fourth-order valence-electron chi connectivity index (χ4n) is 1.33. The molecule has 4 nitrogen and oxygen atoms in total. The molecular weight excluding hydrogens is 270 g/mol. The Balaban J connectivity index is 2.02. The molecule has 1 aromatic carbocycles. The van der Waals surface area contributed by atoms with Gasteiger partial charge < -0.3 is 10.3 Å². The first kappa shape index (κ1) is 13.2. The lowest BCUT2D eigenvalue weighted by atomic mass is 10.2. The highest BCUT2D eigenvalue weighted by atomic mass is 35.5. The molecule has 0 saturated carbocycles. The Morgan fingerprint density at radius 2 is 2.22 bits per heavy atom. The van der Waals surface area contributed by atoms with Crippen molar-refractivity contribution in [1.29, 1.82) is 0 Å². The summed E-state index contributed by atoms with van der Waals surface area (Å²) in [6.07, 6.45) is 0. The van der Waals surface area contributed by atoms with Gasteiger partial charge in [0, 0.05) is 16.5 Å². The molecule has 0 radical (unpaired) electrons. The lowest BCUT2D eigenvalue weighted by Crippen LogP contribution is -1.90. The van der Waals surface area contributed by atoms with Gasteiger partial charge in [0.15, 0.2) is 5.82 Å². The van der Waals surface area contributed by atoms with Crippen LogP contribution < -0.4 is 5.73 Å². The number of rotatable bonds is 4. The molecule has 2 N–H and O–H groups in total. The maximum atomic E-state index is 6.08. The molecule has 2 rings (SSSR count). The van der Waals surface area contributed by atoms with Gasteiger partial charge in [-0.3, -0.25) is 0 Å². The van der Waals surface area contributed by atoms with Gasteiger partial charge in [0.25, 0.3) is 0 Å². The zero-order chi connectivity index (χ0) is 13.1. The van der Waals surface area contributed by atoms with E-state index in [1.807, 2.05) is 26.0 Å². The monoisotopic (exact) mass is 283 g/mol. The van der Waals surface area contributed by atoms with Crippen molar-refractivity contribution in [2.45, 2.75) is 30.4 Å². The summed E-state index contributed by atoms with van der Waals surface area (Å²) in [5.41, 5.74) is 6.29. The highest BCUT2D eigenvalue weighted by Gasteiger charge is 2.10. The molecule has 0 atom stereocenters. The molecule has 96 valence electrons. The Morgan fingerprint density at radius 3 is 2.83 bits per heavy atom. The minimum Gasteiger partial charge on any atom is -0.399 e. The standard InChI is InChI=1S/C12H14ClN3OS/c1-7(2)12-15-11(17-16-12)6-18-10-4-3-8(14)5-9(10)13/h3-5,7H,6,14H2,1-2H3. The van der Waals surface area contributed by atoms with Crippen molar-refractivity contribution in [3.8, 4) is 0 Å².